The molecule has 0 spiro atoms. The Bertz CT molecular complexity index is 1100. The molecule has 0 saturated carbocycles. The van der Waals surface area contributed by atoms with E-state index in [0.29, 0.717) is 11.7 Å². The summed E-state index contributed by atoms with van der Waals surface area (Å²) in [5.41, 5.74) is 4.13. The Morgan fingerprint density at radius 3 is 2.61 bits per heavy atom. The molecule has 31 heavy (non-hydrogen) atoms. The van der Waals surface area contributed by atoms with Gasteiger partial charge in [-0.25, -0.2) is 9.67 Å². The van der Waals surface area contributed by atoms with Crippen LogP contribution in [0.3, 0.4) is 0 Å². The van der Waals surface area contributed by atoms with Gasteiger partial charge in [0.15, 0.2) is 5.82 Å². The Hall–Kier alpha value is -3.42. The molecule has 0 saturated heterocycles. The predicted molar refractivity (Wildman–Crippen MR) is 119 cm³/mol. The number of rotatable bonds is 9. The van der Waals surface area contributed by atoms with E-state index in [1.54, 1.807) is 6.20 Å². The van der Waals surface area contributed by atoms with Gasteiger partial charge in [-0.15, -0.1) is 10.2 Å². The van der Waals surface area contributed by atoms with E-state index in [2.05, 4.69) is 75.3 Å². The van der Waals surface area contributed by atoms with Crippen LogP contribution >= 0.6 is 0 Å². The number of nitrogens with zero attached hydrogens (tertiary/aromatic N) is 7. The number of aromatic nitrogens is 8. The summed E-state index contributed by atoms with van der Waals surface area (Å²) in [6.45, 7) is 7.52. The number of hydrogen-bond acceptors (Lipinski definition) is 6. The molecule has 4 rings (SSSR count). The van der Waals surface area contributed by atoms with Crippen molar-refractivity contribution in [2.75, 3.05) is 0 Å². The molecule has 8 nitrogen and oxygen atoms in total. The highest BCUT2D eigenvalue weighted by Gasteiger charge is 2.14. The summed E-state index contributed by atoms with van der Waals surface area (Å²) in [6, 6.07) is 10.4. The van der Waals surface area contributed by atoms with Crippen molar-refractivity contribution in [3.63, 3.8) is 0 Å². The molecule has 0 amide bonds. The minimum atomic E-state index is 0.544. The highest BCUT2D eigenvalue weighted by Crippen LogP contribution is 2.29. The van der Waals surface area contributed by atoms with Gasteiger partial charge in [0.2, 0.25) is 5.82 Å². The van der Waals surface area contributed by atoms with E-state index in [1.165, 1.54) is 5.56 Å². The van der Waals surface area contributed by atoms with Crippen LogP contribution in [-0.2, 0) is 19.4 Å². The fourth-order valence-corrected chi connectivity index (χ4v) is 3.58. The topological polar surface area (TPSA) is 98.1 Å². The molecule has 0 fully saturated rings. The molecule has 0 aliphatic heterocycles. The van der Waals surface area contributed by atoms with Gasteiger partial charge in [0.25, 0.3) is 0 Å². The van der Waals surface area contributed by atoms with Gasteiger partial charge in [-0.2, -0.15) is 10.3 Å². The zero-order valence-corrected chi connectivity index (χ0v) is 18.3. The predicted octanol–water partition coefficient (Wildman–Crippen LogP) is 4.11. The van der Waals surface area contributed by atoms with Crippen LogP contribution in [0, 0.1) is 5.92 Å². The van der Waals surface area contributed by atoms with Gasteiger partial charge >= 0.3 is 0 Å². The number of aromatic amines is 1. The number of aryl methyl sites for hydroxylation is 1. The van der Waals surface area contributed by atoms with E-state index in [4.69, 9.17) is 10.1 Å². The van der Waals surface area contributed by atoms with Gasteiger partial charge < -0.3 is 0 Å². The standard InChI is InChI=1S/C23H28N8/c1-4-5-12-31-22(25-21(28-31)13-16(2)3)14-17-6-8-18(9-7-17)20-15-24-11-10-19(20)23-26-29-30-27-23/h6-11,15-16H,4-5,12-14H2,1-3H3,(H,26,27,29,30). The van der Waals surface area contributed by atoms with E-state index < -0.39 is 0 Å². The molecule has 0 unspecified atom stereocenters. The second-order valence-corrected chi connectivity index (χ2v) is 8.15. The summed E-state index contributed by atoms with van der Waals surface area (Å²) < 4.78 is 2.09. The number of tetrazole rings is 1. The van der Waals surface area contributed by atoms with Gasteiger partial charge in [0.1, 0.15) is 5.82 Å². The van der Waals surface area contributed by atoms with Crippen LogP contribution < -0.4 is 0 Å². The first kappa shape index (κ1) is 20.8. The van der Waals surface area contributed by atoms with Crippen molar-refractivity contribution < 1.29 is 0 Å². The average Bonchev–Trinajstić information content (AvgIpc) is 3.43. The van der Waals surface area contributed by atoms with Crippen molar-refractivity contribution in [2.24, 2.45) is 5.92 Å². The van der Waals surface area contributed by atoms with Crippen molar-refractivity contribution in [1.29, 1.82) is 0 Å². The molecule has 0 bridgehead atoms. The molecular weight excluding hydrogens is 388 g/mol. The van der Waals surface area contributed by atoms with Gasteiger partial charge in [0.05, 0.1) is 0 Å². The van der Waals surface area contributed by atoms with Crippen molar-refractivity contribution in [1.82, 2.24) is 40.4 Å². The fraction of sp³-hybridized carbons (Fsp3) is 0.391. The largest absolute Gasteiger partial charge is 0.264 e. The van der Waals surface area contributed by atoms with Crippen LogP contribution in [0.2, 0.25) is 0 Å². The summed E-state index contributed by atoms with van der Waals surface area (Å²) in [7, 11) is 0. The van der Waals surface area contributed by atoms with E-state index >= 15 is 0 Å². The molecule has 0 aliphatic rings. The number of unbranched alkanes of at least 4 members (excludes halogenated alkanes) is 1. The van der Waals surface area contributed by atoms with E-state index in [-0.39, 0.29) is 0 Å². The summed E-state index contributed by atoms with van der Waals surface area (Å²) in [4.78, 5) is 9.12. The summed E-state index contributed by atoms with van der Waals surface area (Å²) in [5, 5.41) is 19.2. The third-order valence-electron chi connectivity index (χ3n) is 5.14. The first-order valence-electron chi connectivity index (χ1n) is 10.8. The van der Waals surface area contributed by atoms with Crippen LogP contribution in [0.25, 0.3) is 22.5 Å². The highest BCUT2D eigenvalue weighted by molar-refractivity contribution is 5.79. The lowest BCUT2D eigenvalue weighted by molar-refractivity contribution is 0.538. The molecule has 0 radical (unpaired) electrons. The molecular formula is C23H28N8. The monoisotopic (exact) mass is 416 g/mol. The number of pyridine rings is 1. The Labute approximate surface area is 182 Å². The molecule has 3 aromatic heterocycles. The van der Waals surface area contributed by atoms with Gasteiger partial charge in [-0.1, -0.05) is 51.5 Å². The fourth-order valence-electron chi connectivity index (χ4n) is 3.58. The van der Waals surface area contributed by atoms with E-state index in [9.17, 15) is 0 Å². The molecule has 0 atom stereocenters. The highest BCUT2D eigenvalue weighted by atomic mass is 15.5. The smallest absolute Gasteiger partial charge is 0.205 e. The minimum Gasteiger partial charge on any atom is -0.264 e. The summed E-state index contributed by atoms with van der Waals surface area (Å²) in [6.07, 6.45) is 7.49. The molecule has 4 aromatic rings. The maximum Gasteiger partial charge on any atom is 0.205 e. The number of hydrogen-bond donors (Lipinski definition) is 1. The zero-order chi connectivity index (χ0) is 21.6. The quantitative estimate of drug-likeness (QED) is 0.441. The maximum absolute atomic E-state index is 4.84. The SMILES string of the molecule is CCCCn1nc(CC(C)C)nc1Cc1ccc(-c2cnccc2-c2nn[nH]n2)cc1. The Morgan fingerprint density at radius 2 is 1.90 bits per heavy atom. The molecule has 8 heteroatoms. The van der Waals surface area contributed by atoms with Gasteiger partial charge in [-0.3, -0.25) is 4.98 Å². The maximum atomic E-state index is 4.84. The van der Waals surface area contributed by atoms with Crippen LogP contribution in [0.4, 0.5) is 0 Å². The summed E-state index contributed by atoms with van der Waals surface area (Å²) in [5.74, 6) is 3.08. The molecule has 1 aromatic carbocycles. The van der Waals surface area contributed by atoms with E-state index in [1.807, 2.05) is 12.3 Å². The lowest BCUT2D eigenvalue weighted by atomic mass is 9.99. The zero-order valence-electron chi connectivity index (χ0n) is 18.3. The minimum absolute atomic E-state index is 0.544. The lowest BCUT2D eigenvalue weighted by Crippen LogP contribution is -2.06. The number of nitrogens with one attached hydrogen (secondary N) is 1. The first-order valence-corrected chi connectivity index (χ1v) is 10.8. The first-order chi connectivity index (χ1) is 15.1. The van der Waals surface area contributed by atoms with Crippen molar-refractivity contribution in [2.45, 2.75) is 53.0 Å². The Kier molecular flexibility index (Phi) is 6.45. The van der Waals surface area contributed by atoms with Crippen LogP contribution in [0.1, 0.15) is 50.8 Å². The van der Waals surface area contributed by atoms with E-state index in [0.717, 1.165) is 60.6 Å². The third kappa shape index (κ3) is 5.02. The molecule has 1 N–H and O–H groups in total. The Balaban J connectivity index is 1.57. The number of benzene rings is 1. The lowest BCUT2D eigenvalue weighted by Gasteiger charge is -2.08. The number of H-pyrrole nitrogens is 1. The molecule has 0 aliphatic carbocycles. The average molecular weight is 417 g/mol. The van der Waals surface area contributed by atoms with Gasteiger partial charge in [-0.05, 0) is 34.7 Å². The second-order valence-electron chi connectivity index (χ2n) is 8.15. The molecule has 3 heterocycles. The van der Waals surface area contributed by atoms with Crippen molar-refractivity contribution >= 4 is 0 Å². The van der Waals surface area contributed by atoms with Gasteiger partial charge in [0, 0.05) is 42.9 Å². The van der Waals surface area contributed by atoms with Crippen LogP contribution in [0.15, 0.2) is 42.7 Å². The summed E-state index contributed by atoms with van der Waals surface area (Å²) >= 11 is 0. The second kappa shape index (κ2) is 9.59. The van der Waals surface area contributed by atoms with Crippen LogP contribution in [0.5, 0.6) is 0 Å². The third-order valence-corrected chi connectivity index (χ3v) is 5.14. The van der Waals surface area contributed by atoms with Crippen molar-refractivity contribution in [3.05, 3.63) is 59.9 Å². The normalized spacial score (nSPS) is 11.4. The van der Waals surface area contributed by atoms with Crippen LogP contribution in [-0.4, -0.2) is 40.4 Å². The Morgan fingerprint density at radius 1 is 1.06 bits per heavy atom. The van der Waals surface area contributed by atoms with Crippen molar-refractivity contribution in [3.8, 4) is 22.5 Å². The molecule has 160 valence electrons.